The molecule has 0 aromatic heterocycles. The van der Waals surface area contributed by atoms with Crippen LogP contribution in [0.2, 0.25) is 0 Å². The average Bonchev–Trinajstić information content (AvgIpc) is 2.61. The lowest BCUT2D eigenvalue weighted by molar-refractivity contribution is 0.0602. The van der Waals surface area contributed by atoms with Gasteiger partial charge in [0.15, 0.2) is 9.84 Å². The molecule has 5 heteroatoms. The number of sulfone groups is 1. The van der Waals surface area contributed by atoms with Gasteiger partial charge in [-0.15, -0.1) is 0 Å². The Morgan fingerprint density at radius 3 is 2.29 bits per heavy atom. The molecule has 0 aliphatic carbocycles. The van der Waals surface area contributed by atoms with Gasteiger partial charge in [0.25, 0.3) is 0 Å². The number of rotatable bonds is 4. The minimum absolute atomic E-state index is 0.231. The third kappa shape index (κ3) is 3.03. The van der Waals surface area contributed by atoms with Crippen molar-refractivity contribution >= 4 is 26.6 Å². The molecule has 4 nitrogen and oxygen atoms in total. The van der Waals surface area contributed by atoms with Crippen molar-refractivity contribution in [1.82, 2.24) is 0 Å². The molecule has 3 rings (SSSR count). The van der Waals surface area contributed by atoms with E-state index in [1.165, 1.54) is 7.11 Å². The van der Waals surface area contributed by atoms with E-state index in [2.05, 4.69) is 0 Å². The zero-order valence-corrected chi connectivity index (χ0v) is 13.9. The van der Waals surface area contributed by atoms with Gasteiger partial charge in [-0.1, -0.05) is 54.6 Å². The molecule has 0 N–H and O–H groups in total. The van der Waals surface area contributed by atoms with E-state index in [9.17, 15) is 13.2 Å². The molecule has 0 atom stereocenters. The Labute approximate surface area is 140 Å². The van der Waals surface area contributed by atoms with Crippen molar-refractivity contribution < 1.29 is 17.9 Å². The molecule has 0 unspecified atom stereocenters. The fourth-order valence-electron chi connectivity index (χ4n) is 2.70. The average molecular weight is 340 g/mol. The number of ether oxygens (including phenoxy) is 1. The zero-order chi connectivity index (χ0) is 17.2. The van der Waals surface area contributed by atoms with Gasteiger partial charge in [0.2, 0.25) is 0 Å². The second-order valence-electron chi connectivity index (χ2n) is 5.38. The Morgan fingerprint density at radius 1 is 0.917 bits per heavy atom. The van der Waals surface area contributed by atoms with Crippen molar-refractivity contribution in [2.45, 2.75) is 10.6 Å². The number of hydrogen-bond donors (Lipinski definition) is 0. The van der Waals surface area contributed by atoms with Gasteiger partial charge in [0.1, 0.15) is 0 Å². The summed E-state index contributed by atoms with van der Waals surface area (Å²) in [7, 11) is -2.26. The van der Waals surface area contributed by atoms with Crippen molar-refractivity contribution in [3.8, 4) is 0 Å². The van der Waals surface area contributed by atoms with Crippen molar-refractivity contribution in [1.29, 1.82) is 0 Å². The highest BCUT2D eigenvalue weighted by Gasteiger charge is 2.22. The molecule has 0 bridgehead atoms. The Morgan fingerprint density at radius 2 is 1.58 bits per heavy atom. The van der Waals surface area contributed by atoms with Gasteiger partial charge in [-0.25, -0.2) is 13.2 Å². The molecule has 0 fully saturated rings. The first-order chi connectivity index (χ1) is 11.5. The lowest BCUT2D eigenvalue weighted by Crippen LogP contribution is -2.11. The van der Waals surface area contributed by atoms with Gasteiger partial charge in [0.05, 0.1) is 23.3 Å². The van der Waals surface area contributed by atoms with Gasteiger partial charge < -0.3 is 4.74 Å². The van der Waals surface area contributed by atoms with E-state index in [4.69, 9.17) is 4.74 Å². The molecule has 0 heterocycles. The number of carbonyl (C=O) groups is 1. The topological polar surface area (TPSA) is 60.4 Å². The number of fused-ring (bicyclic) bond motifs is 1. The molecule has 0 radical (unpaired) electrons. The van der Waals surface area contributed by atoms with Crippen LogP contribution in [0.1, 0.15) is 15.9 Å². The van der Waals surface area contributed by atoms with E-state index < -0.39 is 15.8 Å². The Balaban J connectivity index is 2.15. The van der Waals surface area contributed by atoms with Crippen molar-refractivity contribution in [3.63, 3.8) is 0 Å². The molecular weight excluding hydrogens is 324 g/mol. The van der Waals surface area contributed by atoms with Crippen LogP contribution in [0.25, 0.3) is 10.8 Å². The minimum atomic E-state index is -3.55. The van der Waals surface area contributed by atoms with Crippen LogP contribution in [0.5, 0.6) is 0 Å². The van der Waals surface area contributed by atoms with Crippen LogP contribution in [0.4, 0.5) is 0 Å². The van der Waals surface area contributed by atoms with Crippen LogP contribution in [-0.4, -0.2) is 21.5 Å². The van der Waals surface area contributed by atoms with E-state index in [1.54, 1.807) is 42.5 Å². The molecule has 0 amide bonds. The van der Waals surface area contributed by atoms with Crippen LogP contribution >= 0.6 is 0 Å². The SMILES string of the molecule is COC(=O)c1c(CS(=O)(=O)c2ccccc2)ccc2ccccc12. The molecule has 24 heavy (non-hydrogen) atoms. The number of esters is 1. The third-order valence-electron chi connectivity index (χ3n) is 3.85. The summed E-state index contributed by atoms with van der Waals surface area (Å²) >= 11 is 0. The number of methoxy groups -OCH3 is 1. The van der Waals surface area contributed by atoms with E-state index in [-0.39, 0.29) is 10.6 Å². The fourth-order valence-corrected chi connectivity index (χ4v) is 4.08. The summed E-state index contributed by atoms with van der Waals surface area (Å²) in [5.41, 5.74) is 0.736. The van der Waals surface area contributed by atoms with Crippen molar-refractivity contribution in [2.24, 2.45) is 0 Å². The molecule has 0 aliphatic rings. The first kappa shape index (κ1) is 16.2. The summed E-state index contributed by atoms with van der Waals surface area (Å²) in [6.45, 7) is 0. The van der Waals surface area contributed by atoms with Crippen LogP contribution < -0.4 is 0 Å². The highest BCUT2D eigenvalue weighted by molar-refractivity contribution is 7.90. The molecule has 0 spiro atoms. The van der Waals surface area contributed by atoms with E-state index >= 15 is 0 Å². The highest BCUT2D eigenvalue weighted by Crippen LogP contribution is 2.26. The Kier molecular flexibility index (Phi) is 4.36. The summed E-state index contributed by atoms with van der Waals surface area (Å²) in [6, 6.07) is 19.0. The normalized spacial score (nSPS) is 11.4. The second kappa shape index (κ2) is 6.45. The predicted octanol–water partition coefficient (Wildman–Crippen LogP) is 3.60. The quantitative estimate of drug-likeness (QED) is 0.681. The van der Waals surface area contributed by atoms with Gasteiger partial charge in [-0.05, 0) is 28.5 Å². The van der Waals surface area contributed by atoms with Crippen LogP contribution in [-0.2, 0) is 20.3 Å². The second-order valence-corrected chi connectivity index (χ2v) is 7.37. The standard InChI is InChI=1S/C19H16O4S/c1-23-19(20)18-15(12-11-14-7-5-6-10-17(14)18)13-24(21,22)16-8-3-2-4-9-16/h2-12H,13H2,1H3. The number of carbonyl (C=O) groups excluding carboxylic acids is 1. The van der Waals surface area contributed by atoms with Crippen LogP contribution in [0.3, 0.4) is 0 Å². The number of hydrogen-bond acceptors (Lipinski definition) is 4. The van der Waals surface area contributed by atoms with E-state index in [0.29, 0.717) is 16.5 Å². The first-order valence-corrected chi connectivity index (χ1v) is 9.05. The lowest BCUT2D eigenvalue weighted by atomic mass is 10.00. The summed E-state index contributed by atoms with van der Waals surface area (Å²) in [5, 5.41) is 1.55. The lowest BCUT2D eigenvalue weighted by Gasteiger charge is -2.12. The van der Waals surface area contributed by atoms with E-state index in [0.717, 1.165) is 5.39 Å². The summed E-state index contributed by atoms with van der Waals surface area (Å²) in [5.74, 6) is -0.795. The molecule has 0 saturated carbocycles. The molecule has 0 saturated heterocycles. The largest absolute Gasteiger partial charge is 0.465 e. The van der Waals surface area contributed by atoms with Gasteiger partial charge in [-0.2, -0.15) is 0 Å². The van der Waals surface area contributed by atoms with Crippen molar-refractivity contribution in [2.75, 3.05) is 7.11 Å². The maximum Gasteiger partial charge on any atom is 0.338 e. The number of benzene rings is 3. The van der Waals surface area contributed by atoms with Gasteiger partial charge >= 0.3 is 5.97 Å². The maximum atomic E-state index is 12.6. The summed E-state index contributed by atoms with van der Waals surface area (Å²) in [6.07, 6.45) is 0. The predicted molar refractivity (Wildman–Crippen MR) is 92.6 cm³/mol. The van der Waals surface area contributed by atoms with Crippen LogP contribution in [0, 0.1) is 0 Å². The molecule has 3 aromatic carbocycles. The smallest absolute Gasteiger partial charge is 0.338 e. The molecule has 3 aromatic rings. The third-order valence-corrected chi connectivity index (χ3v) is 5.53. The minimum Gasteiger partial charge on any atom is -0.465 e. The maximum absolute atomic E-state index is 12.6. The summed E-state index contributed by atoms with van der Waals surface area (Å²) in [4.78, 5) is 12.5. The van der Waals surface area contributed by atoms with Gasteiger partial charge in [-0.3, -0.25) is 0 Å². The highest BCUT2D eigenvalue weighted by atomic mass is 32.2. The van der Waals surface area contributed by atoms with Crippen LogP contribution in [0.15, 0.2) is 71.6 Å². The monoisotopic (exact) mass is 340 g/mol. The van der Waals surface area contributed by atoms with E-state index in [1.807, 2.05) is 24.3 Å². The van der Waals surface area contributed by atoms with Gasteiger partial charge in [0, 0.05) is 0 Å². The summed E-state index contributed by atoms with van der Waals surface area (Å²) < 4.78 is 30.2. The zero-order valence-electron chi connectivity index (χ0n) is 13.1. The molecule has 0 aliphatic heterocycles. The molecular formula is C19H16O4S. The first-order valence-electron chi connectivity index (χ1n) is 7.39. The Hall–Kier alpha value is -2.66. The molecule has 122 valence electrons. The Bertz CT molecular complexity index is 992. The van der Waals surface area contributed by atoms with Crippen molar-refractivity contribution in [3.05, 3.63) is 77.9 Å². The fraction of sp³-hybridized carbons (Fsp3) is 0.105.